The minimum absolute atomic E-state index is 0.0643. The molecule has 0 aliphatic heterocycles. The van der Waals surface area contributed by atoms with Crippen LogP contribution in [0.4, 0.5) is 0 Å². The summed E-state index contributed by atoms with van der Waals surface area (Å²) in [6, 6.07) is 15.0. The number of hydrogen-bond donors (Lipinski definition) is 1. The normalized spacial score (nSPS) is 12.2. The number of ether oxygens (including phenoxy) is 1. The van der Waals surface area contributed by atoms with Crippen LogP contribution in [0, 0.1) is 6.92 Å². The zero-order valence-corrected chi connectivity index (χ0v) is 19.0. The van der Waals surface area contributed by atoms with Crippen LogP contribution in [0.1, 0.15) is 50.8 Å². The maximum Gasteiger partial charge on any atom is 0.243 e. The van der Waals surface area contributed by atoms with E-state index in [1.807, 2.05) is 83.1 Å². The first-order valence-electron chi connectivity index (χ1n) is 10.4. The molecule has 0 aliphatic carbocycles. The smallest absolute Gasteiger partial charge is 0.243 e. The summed E-state index contributed by atoms with van der Waals surface area (Å²) in [4.78, 5) is 28.0. The van der Waals surface area contributed by atoms with Gasteiger partial charge in [0.15, 0.2) is 0 Å². The van der Waals surface area contributed by atoms with Gasteiger partial charge in [0.25, 0.3) is 0 Å². The lowest BCUT2D eigenvalue weighted by molar-refractivity contribution is -0.141. The number of carbonyl (C=O) groups is 2. The lowest BCUT2D eigenvalue weighted by Gasteiger charge is -2.33. The van der Waals surface area contributed by atoms with Crippen molar-refractivity contribution in [3.05, 3.63) is 65.2 Å². The predicted octanol–water partition coefficient (Wildman–Crippen LogP) is 4.27. The van der Waals surface area contributed by atoms with E-state index in [-0.39, 0.29) is 23.8 Å². The fourth-order valence-corrected chi connectivity index (χ4v) is 3.28. The number of amides is 2. The molecule has 2 aromatic carbocycles. The minimum Gasteiger partial charge on any atom is -0.497 e. The summed E-state index contributed by atoms with van der Waals surface area (Å²) in [6.07, 6.45) is 0.799. The van der Waals surface area contributed by atoms with Crippen LogP contribution in [0.15, 0.2) is 48.5 Å². The highest BCUT2D eigenvalue weighted by atomic mass is 16.5. The zero-order chi connectivity index (χ0) is 22.3. The van der Waals surface area contributed by atoms with Crippen LogP contribution >= 0.6 is 0 Å². The van der Waals surface area contributed by atoms with Gasteiger partial charge in [0.05, 0.1) is 13.5 Å². The van der Waals surface area contributed by atoms with Crippen LogP contribution in [0.5, 0.6) is 5.75 Å². The molecule has 0 bridgehead atoms. The van der Waals surface area contributed by atoms with Crippen molar-refractivity contribution >= 4 is 11.8 Å². The van der Waals surface area contributed by atoms with E-state index in [0.717, 1.165) is 22.4 Å². The second-order valence-corrected chi connectivity index (χ2v) is 8.70. The van der Waals surface area contributed by atoms with E-state index in [9.17, 15) is 9.59 Å². The third kappa shape index (κ3) is 6.90. The van der Waals surface area contributed by atoms with Gasteiger partial charge in [-0.2, -0.15) is 0 Å². The van der Waals surface area contributed by atoms with Gasteiger partial charge in [0.1, 0.15) is 11.8 Å². The molecule has 1 atom stereocenters. The second-order valence-electron chi connectivity index (χ2n) is 8.70. The Morgan fingerprint density at radius 1 is 1.00 bits per heavy atom. The first-order chi connectivity index (χ1) is 14.1. The van der Waals surface area contributed by atoms with Crippen molar-refractivity contribution in [1.29, 1.82) is 0 Å². The van der Waals surface area contributed by atoms with Crippen LogP contribution in [-0.4, -0.2) is 35.4 Å². The highest BCUT2D eigenvalue weighted by Gasteiger charge is 2.30. The molecule has 0 fully saturated rings. The Morgan fingerprint density at radius 3 is 2.07 bits per heavy atom. The molecule has 5 heteroatoms. The number of nitrogens with one attached hydrogen (secondary N) is 1. The quantitative estimate of drug-likeness (QED) is 0.707. The monoisotopic (exact) mass is 410 g/mol. The van der Waals surface area contributed by atoms with Gasteiger partial charge in [-0.3, -0.25) is 9.59 Å². The third-order valence-corrected chi connectivity index (χ3v) is 4.87. The molecule has 0 heterocycles. The SMILES string of the molecule is CC[C@@H](C(=O)NC(C)(C)C)N(Cc1ccc(OC)cc1)C(=O)Cc1ccc(C)cc1. The van der Waals surface area contributed by atoms with Crippen molar-refractivity contribution in [2.75, 3.05) is 7.11 Å². The first-order valence-corrected chi connectivity index (χ1v) is 10.4. The number of aryl methyl sites for hydroxylation is 1. The molecule has 0 saturated heterocycles. The predicted molar refractivity (Wildman–Crippen MR) is 120 cm³/mol. The van der Waals surface area contributed by atoms with E-state index >= 15 is 0 Å². The van der Waals surface area contributed by atoms with Gasteiger partial charge in [-0.05, 0) is 57.4 Å². The van der Waals surface area contributed by atoms with Gasteiger partial charge in [-0.1, -0.05) is 48.9 Å². The third-order valence-electron chi connectivity index (χ3n) is 4.87. The molecule has 0 aliphatic rings. The molecule has 2 amide bonds. The lowest BCUT2D eigenvalue weighted by Crippen LogP contribution is -2.53. The molecule has 0 unspecified atom stereocenters. The molecule has 162 valence electrons. The number of carbonyl (C=O) groups excluding carboxylic acids is 2. The maximum absolute atomic E-state index is 13.3. The summed E-state index contributed by atoms with van der Waals surface area (Å²) in [7, 11) is 1.62. The number of nitrogens with zero attached hydrogens (tertiary/aromatic N) is 1. The highest BCUT2D eigenvalue weighted by molar-refractivity contribution is 5.88. The van der Waals surface area contributed by atoms with E-state index in [0.29, 0.717) is 13.0 Å². The second kappa shape index (κ2) is 10.3. The van der Waals surface area contributed by atoms with E-state index in [1.165, 1.54) is 0 Å². The molecule has 0 radical (unpaired) electrons. The van der Waals surface area contributed by atoms with Crippen LogP contribution in [0.2, 0.25) is 0 Å². The molecule has 0 aromatic heterocycles. The Kier molecular flexibility index (Phi) is 8.04. The molecular formula is C25H34N2O3. The topological polar surface area (TPSA) is 58.6 Å². The molecule has 2 rings (SSSR count). The molecule has 0 spiro atoms. The van der Waals surface area contributed by atoms with Crippen molar-refractivity contribution in [1.82, 2.24) is 10.2 Å². The summed E-state index contributed by atoms with van der Waals surface area (Å²) < 4.78 is 5.23. The summed E-state index contributed by atoms with van der Waals surface area (Å²) in [5.41, 5.74) is 2.68. The van der Waals surface area contributed by atoms with Crippen molar-refractivity contribution < 1.29 is 14.3 Å². The Hall–Kier alpha value is -2.82. The van der Waals surface area contributed by atoms with E-state index in [1.54, 1.807) is 12.0 Å². The van der Waals surface area contributed by atoms with Gasteiger partial charge in [0.2, 0.25) is 11.8 Å². The van der Waals surface area contributed by atoms with E-state index in [4.69, 9.17) is 4.74 Å². The summed E-state index contributed by atoms with van der Waals surface area (Å²) in [5, 5.41) is 3.03. The van der Waals surface area contributed by atoms with E-state index < -0.39 is 6.04 Å². The van der Waals surface area contributed by atoms with Gasteiger partial charge < -0.3 is 15.0 Å². The number of hydrogen-bond acceptors (Lipinski definition) is 3. The van der Waals surface area contributed by atoms with Gasteiger partial charge in [-0.25, -0.2) is 0 Å². The molecule has 1 N–H and O–H groups in total. The molecule has 0 saturated carbocycles. The summed E-state index contributed by atoms with van der Waals surface area (Å²) in [6.45, 7) is 10.2. The zero-order valence-electron chi connectivity index (χ0n) is 19.0. The first kappa shape index (κ1) is 23.5. The van der Waals surface area contributed by atoms with Crippen molar-refractivity contribution in [3.8, 4) is 5.75 Å². The standard InChI is InChI=1S/C25H34N2O3/c1-7-22(24(29)26-25(3,4)5)27(17-20-12-14-21(30-6)15-13-20)23(28)16-19-10-8-18(2)9-11-19/h8-15,22H,7,16-17H2,1-6H3,(H,26,29)/t22-/m0/s1. The van der Waals surface area contributed by atoms with Gasteiger partial charge in [0, 0.05) is 12.1 Å². The number of rotatable bonds is 8. The van der Waals surface area contributed by atoms with E-state index in [2.05, 4.69) is 5.32 Å². The minimum atomic E-state index is -0.538. The van der Waals surface area contributed by atoms with Gasteiger partial charge in [-0.15, -0.1) is 0 Å². The Balaban J connectivity index is 2.29. The fraction of sp³-hybridized carbons (Fsp3) is 0.440. The Bertz CT molecular complexity index is 836. The van der Waals surface area contributed by atoms with Crippen LogP contribution < -0.4 is 10.1 Å². The van der Waals surface area contributed by atoms with Gasteiger partial charge >= 0.3 is 0 Å². The molecule has 2 aromatic rings. The van der Waals surface area contributed by atoms with Crippen molar-refractivity contribution in [3.63, 3.8) is 0 Å². The Morgan fingerprint density at radius 2 is 1.57 bits per heavy atom. The molecular weight excluding hydrogens is 376 g/mol. The van der Waals surface area contributed by atoms with Crippen molar-refractivity contribution in [2.24, 2.45) is 0 Å². The van der Waals surface area contributed by atoms with Crippen molar-refractivity contribution in [2.45, 2.75) is 65.6 Å². The summed E-state index contributed by atoms with van der Waals surface area (Å²) >= 11 is 0. The fourth-order valence-electron chi connectivity index (χ4n) is 3.28. The average Bonchev–Trinajstić information content (AvgIpc) is 2.68. The number of benzene rings is 2. The van der Waals surface area contributed by atoms with Crippen LogP contribution in [0.3, 0.4) is 0 Å². The lowest BCUT2D eigenvalue weighted by atomic mass is 10.0. The largest absolute Gasteiger partial charge is 0.497 e. The molecule has 30 heavy (non-hydrogen) atoms. The maximum atomic E-state index is 13.3. The number of methoxy groups -OCH3 is 1. The Labute approximate surface area is 180 Å². The van der Waals surface area contributed by atoms with Crippen LogP contribution in [0.25, 0.3) is 0 Å². The summed E-state index contributed by atoms with van der Waals surface area (Å²) in [5.74, 6) is 0.565. The highest BCUT2D eigenvalue weighted by Crippen LogP contribution is 2.18. The molecule has 5 nitrogen and oxygen atoms in total. The average molecular weight is 411 g/mol. The van der Waals surface area contributed by atoms with Crippen LogP contribution in [-0.2, 0) is 22.6 Å².